The third-order valence-corrected chi connectivity index (χ3v) is 4.67. The lowest BCUT2D eigenvalue weighted by molar-refractivity contribution is -0.140. The SMILES string of the molecule is COC(=O)CCCCCN=C(N)N1CCN(c2nccs2)CC1.I. The molecule has 1 aromatic rings. The molecule has 0 aliphatic carbocycles. The number of unbranched alkanes of at least 4 members (excludes halogenated alkanes) is 2. The molecule has 0 atom stereocenters. The summed E-state index contributed by atoms with van der Waals surface area (Å²) in [6, 6.07) is 0. The van der Waals surface area contributed by atoms with Crippen LogP contribution in [-0.2, 0) is 9.53 Å². The smallest absolute Gasteiger partial charge is 0.305 e. The van der Waals surface area contributed by atoms with Crippen LogP contribution in [0.25, 0.3) is 0 Å². The minimum atomic E-state index is -0.147. The van der Waals surface area contributed by atoms with E-state index in [1.165, 1.54) is 7.11 Å². The lowest BCUT2D eigenvalue weighted by Crippen LogP contribution is -2.51. The first-order valence-electron chi connectivity index (χ1n) is 7.97. The fourth-order valence-electron chi connectivity index (χ4n) is 2.45. The third-order valence-electron chi connectivity index (χ3n) is 3.83. The number of halogens is 1. The summed E-state index contributed by atoms with van der Waals surface area (Å²) in [5.41, 5.74) is 6.07. The average Bonchev–Trinajstić information content (AvgIpc) is 3.12. The van der Waals surface area contributed by atoms with Crippen LogP contribution in [0.5, 0.6) is 0 Å². The number of ether oxygens (including phenoxy) is 1. The first kappa shape index (κ1) is 20.9. The fourth-order valence-corrected chi connectivity index (χ4v) is 3.15. The molecular formula is C15H26IN5O2S. The summed E-state index contributed by atoms with van der Waals surface area (Å²) in [4.78, 5) is 24.2. The van der Waals surface area contributed by atoms with Crippen LogP contribution >= 0.6 is 35.3 Å². The Labute approximate surface area is 164 Å². The molecule has 0 saturated carbocycles. The number of aromatic nitrogens is 1. The monoisotopic (exact) mass is 467 g/mol. The zero-order chi connectivity index (χ0) is 16.5. The second-order valence-corrected chi connectivity index (χ2v) is 6.29. The van der Waals surface area contributed by atoms with Gasteiger partial charge in [-0.1, -0.05) is 6.42 Å². The molecular weight excluding hydrogens is 441 g/mol. The van der Waals surface area contributed by atoms with E-state index in [4.69, 9.17) is 5.73 Å². The quantitative estimate of drug-likeness (QED) is 0.217. The van der Waals surface area contributed by atoms with Crippen molar-refractivity contribution < 1.29 is 9.53 Å². The maximum atomic E-state index is 11.0. The number of piperazine rings is 1. The van der Waals surface area contributed by atoms with Gasteiger partial charge in [0.15, 0.2) is 11.1 Å². The molecule has 2 rings (SSSR count). The number of nitrogens with two attached hydrogens (primary N) is 1. The van der Waals surface area contributed by atoms with E-state index in [-0.39, 0.29) is 29.9 Å². The molecule has 1 aliphatic heterocycles. The molecule has 136 valence electrons. The highest BCUT2D eigenvalue weighted by Gasteiger charge is 2.19. The van der Waals surface area contributed by atoms with Crippen molar-refractivity contribution in [3.63, 3.8) is 0 Å². The van der Waals surface area contributed by atoms with E-state index >= 15 is 0 Å². The zero-order valence-electron chi connectivity index (χ0n) is 14.0. The van der Waals surface area contributed by atoms with Gasteiger partial charge in [-0.25, -0.2) is 4.98 Å². The number of esters is 1. The van der Waals surface area contributed by atoms with Crippen molar-refractivity contribution in [2.24, 2.45) is 10.7 Å². The molecule has 0 amide bonds. The maximum Gasteiger partial charge on any atom is 0.305 e. The van der Waals surface area contributed by atoms with Crippen molar-refractivity contribution in [2.75, 3.05) is 44.7 Å². The number of rotatable bonds is 7. The molecule has 0 bridgehead atoms. The largest absolute Gasteiger partial charge is 0.469 e. The van der Waals surface area contributed by atoms with Gasteiger partial charge in [-0.05, 0) is 12.8 Å². The van der Waals surface area contributed by atoms with Crippen LogP contribution in [0.15, 0.2) is 16.6 Å². The number of carbonyl (C=O) groups is 1. The Morgan fingerprint density at radius 2 is 2.08 bits per heavy atom. The summed E-state index contributed by atoms with van der Waals surface area (Å²) in [6.07, 6.45) is 5.06. The van der Waals surface area contributed by atoms with Crippen LogP contribution in [-0.4, -0.2) is 61.6 Å². The van der Waals surface area contributed by atoms with Crippen LogP contribution in [0.4, 0.5) is 5.13 Å². The molecule has 1 aliphatic rings. The first-order chi connectivity index (χ1) is 11.2. The van der Waals surface area contributed by atoms with Crippen LogP contribution in [0.1, 0.15) is 25.7 Å². The van der Waals surface area contributed by atoms with Gasteiger partial charge in [-0.3, -0.25) is 9.79 Å². The number of aliphatic imine (C=N–C) groups is 1. The van der Waals surface area contributed by atoms with E-state index < -0.39 is 0 Å². The predicted molar refractivity (Wildman–Crippen MR) is 108 cm³/mol. The van der Waals surface area contributed by atoms with Gasteiger partial charge in [0.05, 0.1) is 7.11 Å². The number of carbonyl (C=O) groups excluding carboxylic acids is 1. The highest BCUT2D eigenvalue weighted by atomic mass is 127. The zero-order valence-corrected chi connectivity index (χ0v) is 17.2. The van der Waals surface area contributed by atoms with Crippen LogP contribution in [0, 0.1) is 0 Å². The maximum absolute atomic E-state index is 11.0. The van der Waals surface area contributed by atoms with E-state index in [0.29, 0.717) is 18.9 Å². The molecule has 2 heterocycles. The lowest BCUT2D eigenvalue weighted by atomic mass is 10.2. The molecule has 1 saturated heterocycles. The summed E-state index contributed by atoms with van der Waals surface area (Å²) in [5, 5.41) is 3.07. The Balaban J connectivity index is 0.00000288. The second kappa shape index (κ2) is 11.5. The van der Waals surface area contributed by atoms with Crippen molar-refractivity contribution >= 4 is 52.4 Å². The van der Waals surface area contributed by atoms with Crippen LogP contribution in [0.3, 0.4) is 0 Å². The van der Waals surface area contributed by atoms with Gasteiger partial charge in [-0.2, -0.15) is 0 Å². The van der Waals surface area contributed by atoms with Crippen molar-refractivity contribution in [1.29, 1.82) is 0 Å². The second-order valence-electron chi connectivity index (χ2n) is 5.42. The van der Waals surface area contributed by atoms with Crippen molar-refractivity contribution in [2.45, 2.75) is 25.7 Å². The topological polar surface area (TPSA) is 84.0 Å². The Bertz CT molecular complexity index is 504. The van der Waals surface area contributed by atoms with Gasteiger partial charge in [-0.15, -0.1) is 35.3 Å². The highest BCUT2D eigenvalue weighted by Crippen LogP contribution is 2.18. The van der Waals surface area contributed by atoms with Crippen LogP contribution < -0.4 is 10.6 Å². The summed E-state index contributed by atoms with van der Waals surface area (Å²) < 4.78 is 4.61. The number of methoxy groups -OCH3 is 1. The number of thiazole rings is 1. The van der Waals surface area contributed by atoms with Gasteiger partial charge < -0.3 is 20.3 Å². The van der Waals surface area contributed by atoms with Gasteiger partial charge >= 0.3 is 5.97 Å². The molecule has 7 nitrogen and oxygen atoms in total. The number of anilines is 1. The lowest BCUT2D eigenvalue weighted by Gasteiger charge is -2.35. The van der Waals surface area contributed by atoms with Crippen molar-refractivity contribution in [1.82, 2.24) is 9.88 Å². The summed E-state index contributed by atoms with van der Waals surface area (Å²) in [6.45, 7) is 4.29. The van der Waals surface area contributed by atoms with E-state index in [1.807, 2.05) is 11.6 Å². The van der Waals surface area contributed by atoms with E-state index in [9.17, 15) is 4.79 Å². The molecule has 0 spiro atoms. The van der Waals surface area contributed by atoms with Gasteiger partial charge in [0.25, 0.3) is 0 Å². The molecule has 24 heavy (non-hydrogen) atoms. The van der Waals surface area contributed by atoms with Gasteiger partial charge in [0, 0.05) is 50.7 Å². The molecule has 1 aromatic heterocycles. The van der Waals surface area contributed by atoms with Crippen LogP contribution in [0.2, 0.25) is 0 Å². The van der Waals surface area contributed by atoms with Gasteiger partial charge in [0.1, 0.15) is 0 Å². The van der Waals surface area contributed by atoms with Gasteiger partial charge in [0.2, 0.25) is 0 Å². The summed E-state index contributed by atoms with van der Waals surface area (Å²) >= 11 is 1.67. The Hall–Kier alpha value is -1.10. The average molecular weight is 467 g/mol. The fraction of sp³-hybridized carbons (Fsp3) is 0.667. The Morgan fingerprint density at radius 1 is 1.33 bits per heavy atom. The first-order valence-corrected chi connectivity index (χ1v) is 8.85. The molecule has 1 fully saturated rings. The number of guanidine groups is 1. The van der Waals surface area contributed by atoms with E-state index in [2.05, 4.69) is 24.5 Å². The number of hydrogen-bond donors (Lipinski definition) is 1. The number of hydrogen-bond acceptors (Lipinski definition) is 6. The minimum Gasteiger partial charge on any atom is -0.469 e. The van der Waals surface area contributed by atoms with E-state index in [0.717, 1.165) is 50.6 Å². The molecule has 9 heteroatoms. The normalized spacial score (nSPS) is 15.1. The van der Waals surface area contributed by atoms with Crippen molar-refractivity contribution in [3.05, 3.63) is 11.6 Å². The highest BCUT2D eigenvalue weighted by molar-refractivity contribution is 14.0. The minimum absolute atomic E-state index is 0. The molecule has 0 unspecified atom stereocenters. The molecule has 0 aromatic carbocycles. The third kappa shape index (κ3) is 6.80. The molecule has 0 radical (unpaired) electrons. The standard InChI is InChI=1S/C15H25N5O2S.HI/c1-22-13(21)5-3-2-4-6-17-14(16)19-8-10-20(11-9-19)15-18-7-12-23-15;/h7,12H,2-6,8-11H2,1H3,(H2,16,17);1H. The summed E-state index contributed by atoms with van der Waals surface area (Å²) in [5.74, 6) is 0.475. The Kier molecular flexibility index (Phi) is 9.99. The van der Waals surface area contributed by atoms with Crippen molar-refractivity contribution in [3.8, 4) is 0 Å². The molecule has 2 N–H and O–H groups in total. The van der Waals surface area contributed by atoms with E-state index in [1.54, 1.807) is 11.3 Å². The summed E-state index contributed by atoms with van der Waals surface area (Å²) in [7, 11) is 1.42. The number of nitrogens with zero attached hydrogens (tertiary/aromatic N) is 4. The Morgan fingerprint density at radius 3 is 2.71 bits per heavy atom. The predicted octanol–water partition coefficient (Wildman–Crippen LogP) is 1.93.